The van der Waals surface area contributed by atoms with E-state index in [1.807, 2.05) is 0 Å². The van der Waals surface area contributed by atoms with Crippen molar-refractivity contribution in [3.8, 4) is 0 Å². The van der Waals surface area contributed by atoms with Gasteiger partial charge < -0.3 is 9.64 Å². The molecule has 0 saturated carbocycles. The van der Waals surface area contributed by atoms with Crippen LogP contribution in [-0.2, 0) is 21.2 Å². The van der Waals surface area contributed by atoms with Crippen molar-refractivity contribution < 1.29 is 13.2 Å². The van der Waals surface area contributed by atoms with Gasteiger partial charge in [0.2, 0.25) is 10.0 Å². The molecular formula is C21H34N2O3S. The minimum absolute atomic E-state index is 0.0317. The molecule has 2 aliphatic rings. The Hall–Kier alpha value is -0.950. The van der Waals surface area contributed by atoms with E-state index < -0.39 is 10.0 Å². The number of hydrogen-bond acceptors (Lipinski definition) is 4. The Labute approximate surface area is 164 Å². The van der Waals surface area contributed by atoms with E-state index in [1.54, 1.807) is 0 Å². The molecule has 1 spiro atoms. The van der Waals surface area contributed by atoms with Crippen LogP contribution in [0.15, 0.2) is 30.3 Å². The van der Waals surface area contributed by atoms with Gasteiger partial charge in [-0.05, 0) is 63.0 Å². The van der Waals surface area contributed by atoms with Crippen LogP contribution in [0.3, 0.4) is 0 Å². The summed E-state index contributed by atoms with van der Waals surface area (Å²) >= 11 is 0. The Morgan fingerprint density at radius 2 is 1.96 bits per heavy atom. The summed E-state index contributed by atoms with van der Waals surface area (Å²) in [5, 5.41) is 0. The number of benzene rings is 1. The maximum atomic E-state index is 11.2. The lowest BCUT2D eigenvalue weighted by molar-refractivity contribution is -0.127. The second kappa shape index (κ2) is 9.50. The fourth-order valence-corrected chi connectivity index (χ4v) is 5.00. The van der Waals surface area contributed by atoms with Gasteiger partial charge in [-0.1, -0.05) is 30.3 Å². The highest BCUT2D eigenvalue weighted by molar-refractivity contribution is 7.88. The number of nitrogens with zero attached hydrogens (tertiary/aromatic N) is 1. The van der Waals surface area contributed by atoms with Crippen molar-refractivity contribution in [2.24, 2.45) is 5.92 Å². The average Bonchev–Trinajstić information content (AvgIpc) is 2.64. The van der Waals surface area contributed by atoms with Crippen LogP contribution in [0, 0.1) is 5.92 Å². The van der Waals surface area contributed by atoms with Crippen LogP contribution in [0.25, 0.3) is 0 Å². The molecule has 1 unspecified atom stereocenters. The number of aryl methyl sites for hydroxylation is 1. The largest absolute Gasteiger partial charge is 0.375 e. The SMILES string of the molecule is CS(=O)(=O)NCCC1CCOC2(CCN(CCCc3ccccc3)CC2)C1. The number of likely N-dealkylation sites (tertiary alicyclic amines) is 1. The number of rotatable bonds is 8. The molecule has 5 nitrogen and oxygen atoms in total. The van der Waals surface area contributed by atoms with Crippen LogP contribution >= 0.6 is 0 Å². The van der Waals surface area contributed by atoms with Crippen molar-refractivity contribution in [1.82, 2.24) is 9.62 Å². The third kappa shape index (κ3) is 6.86. The smallest absolute Gasteiger partial charge is 0.208 e. The number of nitrogens with one attached hydrogen (secondary N) is 1. The summed E-state index contributed by atoms with van der Waals surface area (Å²) in [6.45, 7) is 4.75. The van der Waals surface area contributed by atoms with Crippen LogP contribution in [0.5, 0.6) is 0 Å². The van der Waals surface area contributed by atoms with Crippen LogP contribution in [0.4, 0.5) is 0 Å². The molecule has 0 aromatic heterocycles. The minimum Gasteiger partial charge on any atom is -0.375 e. The first-order chi connectivity index (χ1) is 12.9. The monoisotopic (exact) mass is 394 g/mol. The van der Waals surface area contributed by atoms with E-state index in [1.165, 1.54) is 18.2 Å². The van der Waals surface area contributed by atoms with Crippen molar-refractivity contribution in [2.75, 3.05) is 39.0 Å². The maximum Gasteiger partial charge on any atom is 0.208 e. The first-order valence-corrected chi connectivity index (χ1v) is 12.2. The van der Waals surface area contributed by atoms with Crippen molar-refractivity contribution >= 4 is 10.0 Å². The highest BCUT2D eigenvalue weighted by Gasteiger charge is 2.39. The molecule has 1 N–H and O–H groups in total. The summed E-state index contributed by atoms with van der Waals surface area (Å²) in [6, 6.07) is 10.7. The Morgan fingerprint density at radius 1 is 1.22 bits per heavy atom. The van der Waals surface area contributed by atoms with Gasteiger partial charge in [0.05, 0.1) is 11.9 Å². The lowest BCUT2D eigenvalue weighted by Gasteiger charge is -2.46. The number of sulfonamides is 1. The van der Waals surface area contributed by atoms with Crippen molar-refractivity contribution in [1.29, 1.82) is 0 Å². The van der Waals surface area contributed by atoms with Gasteiger partial charge in [0, 0.05) is 26.2 Å². The molecule has 1 atom stereocenters. The minimum atomic E-state index is -3.08. The van der Waals surface area contributed by atoms with Crippen LogP contribution in [0.1, 0.15) is 44.1 Å². The fourth-order valence-electron chi connectivity index (χ4n) is 4.51. The summed E-state index contributed by atoms with van der Waals surface area (Å²) in [4.78, 5) is 2.58. The Balaban J connectivity index is 1.38. The molecule has 0 amide bonds. The molecule has 2 aliphatic heterocycles. The van der Waals surface area contributed by atoms with Crippen molar-refractivity contribution in [2.45, 2.75) is 50.5 Å². The van der Waals surface area contributed by atoms with Gasteiger partial charge in [-0.25, -0.2) is 13.1 Å². The summed E-state index contributed by atoms with van der Waals surface area (Å²) in [6.07, 6.45) is 8.84. The van der Waals surface area contributed by atoms with E-state index in [9.17, 15) is 8.42 Å². The zero-order valence-electron chi connectivity index (χ0n) is 16.5. The quantitative estimate of drug-likeness (QED) is 0.737. The molecular weight excluding hydrogens is 360 g/mol. The number of piperidine rings is 1. The standard InChI is InChI=1S/C21H34N2O3S/c1-27(24,25)22-13-9-20-10-17-26-21(18-20)11-15-23(16-12-21)14-5-8-19-6-3-2-4-7-19/h2-4,6-7,20,22H,5,8-18H2,1H3. The van der Waals surface area contributed by atoms with Gasteiger partial charge in [-0.3, -0.25) is 0 Å². The number of ether oxygens (including phenoxy) is 1. The van der Waals surface area contributed by atoms with E-state index in [-0.39, 0.29) is 5.60 Å². The fraction of sp³-hybridized carbons (Fsp3) is 0.714. The highest BCUT2D eigenvalue weighted by Crippen LogP contribution is 2.38. The lowest BCUT2D eigenvalue weighted by atomic mass is 9.78. The van der Waals surface area contributed by atoms with E-state index in [0.717, 1.165) is 64.8 Å². The molecule has 0 radical (unpaired) electrons. The molecule has 2 fully saturated rings. The van der Waals surface area contributed by atoms with Gasteiger partial charge in [0.15, 0.2) is 0 Å². The molecule has 27 heavy (non-hydrogen) atoms. The topological polar surface area (TPSA) is 58.6 Å². The van der Waals surface area contributed by atoms with Gasteiger partial charge in [-0.2, -0.15) is 0 Å². The molecule has 1 aromatic carbocycles. The summed E-state index contributed by atoms with van der Waals surface area (Å²) in [7, 11) is -3.08. The van der Waals surface area contributed by atoms with Crippen molar-refractivity contribution in [3.63, 3.8) is 0 Å². The summed E-state index contributed by atoms with van der Waals surface area (Å²) in [5.74, 6) is 0.567. The van der Waals surface area contributed by atoms with Gasteiger partial charge in [0.1, 0.15) is 0 Å². The van der Waals surface area contributed by atoms with Gasteiger partial charge >= 0.3 is 0 Å². The summed E-state index contributed by atoms with van der Waals surface area (Å²) < 4.78 is 31.3. The average molecular weight is 395 g/mol. The number of hydrogen-bond donors (Lipinski definition) is 1. The molecule has 0 aliphatic carbocycles. The molecule has 2 heterocycles. The zero-order chi connectivity index (χ0) is 19.2. The second-order valence-corrected chi connectivity index (χ2v) is 10.1. The molecule has 6 heteroatoms. The van der Waals surface area contributed by atoms with E-state index in [2.05, 4.69) is 40.0 Å². The predicted molar refractivity (Wildman–Crippen MR) is 109 cm³/mol. The second-order valence-electron chi connectivity index (χ2n) is 8.28. The normalized spacial score (nSPS) is 23.5. The first-order valence-electron chi connectivity index (χ1n) is 10.3. The summed E-state index contributed by atoms with van der Waals surface area (Å²) in [5.41, 5.74) is 1.45. The maximum absolute atomic E-state index is 11.2. The van der Waals surface area contributed by atoms with E-state index in [4.69, 9.17) is 4.74 Å². The lowest BCUT2D eigenvalue weighted by Crippen LogP contribution is -2.49. The highest BCUT2D eigenvalue weighted by atomic mass is 32.2. The predicted octanol–water partition coefficient (Wildman–Crippen LogP) is 2.82. The van der Waals surface area contributed by atoms with Gasteiger partial charge in [0.25, 0.3) is 0 Å². The Kier molecular flexibility index (Phi) is 7.31. The van der Waals surface area contributed by atoms with E-state index >= 15 is 0 Å². The molecule has 3 rings (SSSR count). The van der Waals surface area contributed by atoms with Crippen molar-refractivity contribution in [3.05, 3.63) is 35.9 Å². The molecule has 1 aromatic rings. The first kappa shape index (κ1) is 20.8. The third-order valence-corrected chi connectivity index (χ3v) is 6.79. The van der Waals surface area contributed by atoms with Gasteiger partial charge in [-0.15, -0.1) is 0 Å². The Morgan fingerprint density at radius 3 is 2.67 bits per heavy atom. The Bertz CT molecular complexity index is 670. The van der Waals surface area contributed by atoms with Crippen LogP contribution in [0.2, 0.25) is 0 Å². The zero-order valence-corrected chi connectivity index (χ0v) is 17.3. The van der Waals surface area contributed by atoms with Crippen LogP contribution < -0.4 is 4.72 Å². The van der Waals surface area contributed by atoms with E-state index in [0.29, 0.717) is 12.5 Å². The van der Waals surface area contributed by atoms with Crippen LogP contribution in [-0.4, -0.2) is 58.0 Å². The molecule has 0 bridgehead atoms. The molecule has 152 valence electrons. The molecule has 2 saturated heterocycles. The third-order valence-electron chi connectivity index (χ3n) is 6.06.